The lowest BCUT2D eigenvalue weighted by molar-refractivity contribution is -0.113. The number of benzene rings is 1. The SMILES string of the molecule is CCN(CC)CCCOc1ccc(N2C(=O)C(=Cc3cccnc3)SC2=S)cc1.Cl. The first-order valence-corrected chi connectivity index (χ1v) is 11.0. The minimum atomic E-state index is -0.114. The molecule has 8 heteroatoms. The molecule has 160 valence electrons. The summed E-state index contributed by atoms with van der Waals surface area (Å²) in [6.07, 6.45) is 6.23. The van der Waals surface area contributed by atoms with Crippen molar-refractivity contribution in [1.82, 2.24) is 9.88 Å². The van der Waals surface area contributed by atoms with Gasteiger partial charge in [0.05, 0.1) is 17.2 Å². The number of amides is 1. The van der Waals surface area contributed by atoms with Gasteiger partial charge in [-0.1, -0.05) is 43.9 Å². The summed E-state index contributed by atoms with van der Waals surface area (Å²) in [7, 11) is 0. The van der Waals surface area contributed by atoms with Crippen molar-refractivity contribution in [3.63, 3.8) is 0 Å². The first-order valence-electron chi connectivity index (χ1n) is 9.75. The van der Waals surface area contributed by atoms with E-state index in [0.717, 1.165) is 43.1 Å². The van der Waals surface area contributed by atoms with E-state index >= 15 is 0 Å². The zero-order chi connectivity index (χ0) is 20.6. The topological polar surface area (TPSA) is 45.7 Å². The summed E-state index contributed by atoms with van der Waals surface area (Å²) in [6, 6.07) is 11.3. The van der Waals surface area contributed by atoms with Gasteiger partial charge in [-0.3, -0.25) is 14.7 Å². The number of ether oxygens (including phenoxy) is 1. The predicted molar refractivity (Wildman–Crippen MR) is 131 cm³/mol. The molecule has 0 aliphatic carbocycles. The molecule has 0 N–H and O–H groups in total. The standard InChI is InChI=1S/C22H25N3O2S2.ClH/c1-3-24(4-2)13-6-14-27-19-10-8-18(9-11-19)25-21(26)20(29-22(25)28)15-17-7-5-12-23-16-17;/h5,7-12,15-16H,3-4,6,13-14H2,1-2H3;1H. The van der Waals surface area contributed by atoms with Crippen LogP contribution in [-0.2, 0) is 4.79 Å². The van der Waals surface area contributed by atoms with Crippen LogP contribution in [0.5, 0.6) is 5.75 Å². The summed E-state index contributed by atoms with van der Waals surface area (Å²) in [5.74, 6) is 0.682. The highest BCUT2D eigenvalue weighted by atomic mass is 35.5. The second-order valence-electron chi connectivity index (χ2n) is 6.53. The van der Waals surface area contributed by atoms with Crippen LogP contribution in [0, 0.1) is 0 Å². The van der Waals surface area contributed by atoms with Crippen molar-refractivity contribution < 1.29 is 9.53 Å². The molecule has 1 aromatic heterocycles. The molecule has 0 radical (unpaired) electrons. The molecular weight excluding hydrogens is 438 g/mol. The number of thiocarbonyl (C=S) groups is 1. The molecule has 0 bridgehead atoms. The van der Waals surface area contributed by atoms with Crippen molar-refractivity contribution in [1.29, 1.82) is 0 Å². The zero-order valence-electron chi connectivity index (χ0n) is 17.1. The molecule has 0 unspecified atom stereocenters. The number of anilines is 1. The number of aromatic nitrogens is 1. The molecule has 2 aromatic rings. The Labute approximate surface area is 193 Å². The number of carbonyl (C=O) groups excluding carboxylic acids is 1. The normalized spacial score (nSPS) is 15.0. The molecule has 0 spiro atoms. The quantitative estimate of drug-likeness (QED) is 0.295. The number of thioether (sulfide) groups is 1. The molecule has 5 nitrogen and oxygen atoms in total. The molecule has 3 rings (SSSR count). The molecule has 1 fully saturated rings. The number of nitrogens with zero attached hydrogens (tertiary/aromatic N) is 3. The van der Waals surface area contributed by atoms with Gasteiger partial charge in [-0.2, -0.15) is 0 Å². The fourth-order valence-electron chi connectivity index (χ4n) is 3.01. The van der Waals surface area contributed by atoms with E-state index in [-0.39, 0.29) is 18.3 Å². The average Bonchev–Trinajstić information content (AvgIpc) is 3.02. The zero-order valence-corrected chi connectivity index (χ0v) is 19.6. The van der Waals surface area contributed by atoms with E-state index in [0.29, 0.717) is 15.8 Å². The lowest BCUT2D eigenvalue weighted by atomic mass is 10.2. The molecule has 1 aliphatic heterocycles. The Bertz CT molecular complexity index is 872. The van der Waals surface area contributed by atoms with Crippen LogP contribution in [0.4, 0.5) is 5.69 Å². The first-order chi connectivity index (χ1) is 14.1. The Morgan fingerprint density at radius 2 is 1.93 bits per heavy atom. The molecular formula is C22H26ClN3O2S2. The lowest BCUT2D eigenvalue weighted by Crippen LogP contribution is -2.27. The molecule has 1 aromatic carbocycles. The predicted octanol–water partition coefficient (Wildman–Crippen LogP) is 5.02. The highest BCUT2D eigenvalue weighted by molar-refractivity contribution is 8.27. The number of pyridine rings is 1. The first kappa shape index (κ1) is 24.3. The maximum absolute atomic E-state index is 12.8. The van der Waals surface area contributed by atoms with Crippen LogP contribution in [0.1, 0.15) is 25.8 Å². The van der Waals surface area contributed by atoms with Gasteiger partial charge in [-0.25, -0.2) is 0 Å². The van der Waals surface area contributed by atoms with E-state index in [9.17, 15) is 4.79 Å². The fourth-order valence-corrected chi connectivity index (χ4v) is 4.31. The third kappa shape index (κ3) is 6.28. The highest BCUT2D eigenvalue weighted by Gasteiger charge is 2.33. The van der Waals surface area contributed by atoms with Crippen LogP contribution in [0.15, 0.2) is 53.7 Å². The Morgan fingerprint density at radius 3 is 2.57 bits per heavy atom. The number of carbonyl (C=O) groups is 1. The van der Waals surface area contributed by atoms with Crippen molar-refractivity contribution in [2.24, 2.45) is 0 Å². The number of halogens is 1. The monoisotopic (exact) mass is 463 g/mol. The summed E-state index contributed by atoms with van der Waals surface area (Å²) in [6.45, 7) is 8.16. The van der Waals surface area contributed by atoms with Crippen LogP contribution >= 0.6 is 36.4 Å². The molecule has 0 atom stereocenters. The smallest absolute Gasteiger partial charge is 0.270 e. The lowest BCUT2D eigenvalue weighted by Gasteiger charge is -2.18. The summed E-state index contributed by atoms with van der Waals surface area (Å²) in [5, 5.41) is 0. The highest BCUT2D eigenvalue weighted by Crippen LogP contribution is 2.36. The van der Waals surface area contributed by atoms with Crippen LogP contribution in [0.2, 0.25) is 0 Å². The van der Waals surface area contributed by atoms with E-state index in [4.69, 9.17) is 17.0 Å². The Balaban J connectivity index is 0.00000320. The van der Waals surface area contributed by atoms with E-state index < -0.39 is 0 Å². The molecule has 2 heterocycles. The second kappa shape index (κ2) is 12.1. The van der Waals surface area contributed by atoms with Crippen LogP contribution in [-0.4, -0.2) is 46.4 Å². The molecule has 1 aliphatic rings. The van der Waals surface area contributed by atoms with Crippen molar-refractivity contribution in [3.05, 3.63) is 59.3 Å². The second-order valence-corrected chi connectivity index (χ2v) is 8.20. The van der Waals surface area contributed by atoms with Crippen molar-refractivity contribution in [2.45, 2.75) is 20.3 Å². The Morgan fingerprint density at radius 1 is 1.20 bits per heavy atom. The molecule has 1 saturated heterocycles. The van der Waals surface area contributed by atoms with Gasteiger partial charge >= 0.3 is 0 Å². The van der Waals surface area contributed by atoms with E-state index in [1.807, 2.05) is 42.5 Å². The molecule has 0 saturated carbocycles. The van der Waals surface area contributed by atoms with Gasteiger partial charge in [-0.05, 0) is 61.5 Å². The summed E-state index contributed by atoms with van der Waals surface area (Å²) in [4.78, 5) is 21.4. The third-order valence-corrected chi connectivity index (χ3v) is 5.95. The summed E-state index contributed by atoms with van der Waals surface area (Å²) in [5.41, 5.74) is 1.62. The van der Waals surface area contributed by atoms with E-state index in [2.05, 4.69) is 23.7 Å². The number of rotatable bonds is 9. The van der Waals surface area contributed by atoms with Gasteiger partial charge in [0.1, 0.15) is 5.75 Å². The minimum Gasteiger partial charge on any atom is -0.494 e. The van der Waals surface area contributed by atoms with E-state index in [1.54, 1.807) is 17.3 Å². The van der Waals surface area contributed by atoms with Gasteiger partial charge in [0.15, 0.2) is 4.32 Å². The van der Waals surface area contributed by atoms with E-state index in [1.165, 1.54) is 11.8 Å². The summed E-state index contributed by atoms with van der Waals surface area (Å²) < 4.78 is 6.36. The van der Waals surface area contributed by atoms with Gasteiger partial charge in [-0.15, -0.1) is 12.4 Å². The maximum Gasteiger partial charge on any atom is 0.270 e. The van der Waals surface area contributed by atoms with Crippen molar-refractivity contribution in [2.75, 3.05) is 31.1 Å². The fraction of sp³-hybridized carbons (Fsp3) is 0.318. The maximum atomic E-state index is 12.8. The van der Waals surface area contributed by atoms with Crippen LogP contribution in [0.25, 0.3) is 6.08 Å². The summed E-state index contributed by atoms with van der Waals surface area (Å²) >= 11 is 6.74. The van der Waals surface area contributed by atoms with Crippen LogP contribution in [0.3, 0.4) is 0 Å². The average molecular weight is 464 g/mol. The Hall–Kier alpha value is -1.93. The molecule has 30 heavy (non-hydrogen) atoms. The van der Waals surface area contributed by atoms with Gasteiger partial charge in [0.25, 0.3) is 5.91 Å². The molecule has 1 amide bonds. The van der Waals surface area contributed by atoms with Crippen molar-refractivity contribution >= 4 is 58.4 Å². The van der Waals surface area contributed by atoms with Gasteiger partial charge < -0.3 is 9.64 Å². The Kier molecular flexibility index (Phi) is 9.78. The van der Waals surface area contributed by atoms with Crippen molar-refractivity contribution in [3.8, 4) is 5.75 Å². The minimum absolute atomic E-state index is 0. The number of hydrogen-bond acceptors (Lipinski definition) is 6. The number of hydrogen-bond donors (Lipinski definition) is 0. The van der Waals surface area contributed by atoms with Gasteiger partial charge in [0, 0.05) is 18.9 Å². The largest absolute Gasteiger partial charge is 0.494 e. The third-order valence-electron chi connectivity index (χ3n) is 4.65. The van der Waals surface area contributed by atoms with Gasteiger partial charge in [0.2, 0.25) is 0 Å². The van der Waals surface area contributed by atoms with Crippen LogP contribution < -0.4 is 9.64 Å².